The molecule has 3 rings (SSSR count). The molecule has 0 spiro atoms. The van der Waals surface area contributed by atoms with E-state index in [1.165, 1.54) is 6.92 Å². The number of Topliss-reactive ketones (excluding diaryl/α,β-unsaturated/α-hetero) is 1. The number of non-ortho nitro benzene ring substituents is 1. The Morgan fingerprint density at radius 2 is 1.70 bits per heavy atom. The van der Waals surface area contributed by atoms with Crippen molar-refractivity contribution in [3.8, 4) is 0 Å². The predicted molar refractivity (Wildman–Crippen MR) is 107 cm³/mol. The van der Waals surface area contributed by atoms with Crippen LogP contribution in [0, 0.1) is 17.0 Å². The number of aromatic amines is 1. The first-order valence-electron chi connectivity index (χ1n) is 8.93. The van der Waals surface area contributed by atoms with E-state index in [9.17, 15) is 24.5 Å². The zero-order valence-electron chi connectivity index (χ0n) is 16.4. The molecular formula is C21H18N2O7. The number of carbonyl (C=O) groups is 3. The number of para-hydroxylation sites is 1. The maximum absolute atomic E-state index is 12.9. The Balaban J connectivity index is 1.89. The van der Waals surface area contributed by atoms with Crippen LogP contribution in [0.25, 0.3) is 10.9 Å². The van der Waals surface area contributed by atoms with Crippen LogP contribution in [0.4, 0.5) is 5.69 Å². The van der Waals surface area contributed by atoms with Crippen molar-refractivity contribution in [3.63, 3.8) is 0 Å². The number of methoxy groups -OCH3 is 1. The lowest BCUT2D eigenvalue weighted by molar-refractivity contribution is -0.384. The second-order valence-electron chi connectivity index (χ2n) is 6.60. The van der Waals surface area contributed by atoms with Crippen molar-refractivity contribution in [2.75, 3.05) is 7.11 Å². The Hall–Kier alpha value is -4.01. The maximum Gasteiger partial charge on any atom is 0.339 e. The fourth-order valence-corrected chi connectivity index (χ4v) is 3.15. The van der Waals surface area contributed by atoms with Gasteiger partial charge in [0, 0.05) is 34.3 Å². The van der Waals surface area contributed by atoms with Crippen LogP contribution in [0.2, 0.25) is 0 Å². The van der Waals surface area contributed by atoms with Crippen molar-refractivity contribution in [1.29, 1.82) is 0 Å². The van der Waals surface area contributed by atoms with Gasteiger partial charge < -0.3 is 14.5 Å². The number of rotatable bonds is 6. The van der Waals surface area contributed by atoms with Crippen molar-refractivity contribution in [2.45, 2.75) is 20.0 Å². The van der Waals surface area contributed by atoms with Crippen LogP contribution in [-0.2, 0) is 9.47 Å². The van der Waals surface area contributed by atoms with Crippen molar-refractivity contribution in [1.82, 2.24) is 4.98 Å². The average molecular weight is 410 g/mol. The standard InChI is InChI=1S/C21H18N2O7/c1-11-18(16-6-4-5-7-17(16)22-11)19(24)12(2)30-21(26)14-8-13(20(25)29-3)9-15(10-14)23(27)28/h4-10,12,22H,1-3H3. The Morgan fingerprint density at radius 3 is 2.33 bits per heavy atom. The zero-order valence-corrected chi connectivity index (χ0v) is 16.4. The number of hydrogen-bond donors (Lipinski definition) is 1. The van der Waals surface area contributed by atoms with Gasteiger partial charge in [-0.1, -0.05) is 18.2 Å². The zero-order chi connectivity index (χ0) is 22.0. The summed E-state index contributed by atoms with van der Waals surface area (Å²) in [6, 6.07) is 10.3. The minimum atomic E-state index is -1.16. The molecule has 0 aliphatic rings. The summed E-state index contributed by atoms with van der Waals surface area (Å²) in [6.45, 7) is 3.16. The van der Waals surface area contributed by atoms with E-state index in [2.05, 4.69) is 9.72 Å². The summed E-state index contributed by atoms with van der Waals surface area (Å²) < 4.78 is 9.81. The summed E-state index contributed by atoms with van der Waals surface area (Å²) in [5, 5.41) is 11.8. The number of hydrogen-bond acceptors (Lipinski definition) is 7. The van der Waals surface area contributed by atoms with E-state index in [1.807, 2.05) is 12.1 Å². The monoisotopic (exact) mass is 410 g/mol. The predicted octanol–water partition coefficient (Wildman–Crippen LogP) is 3.60. The number of ketones is 1. The number of aryl methyl sites for hydroxylation is 1. The van der Waals surface area contributed by atoms with Crippen molar-refractivity contribution in [3.05, 3.63) is 75.0 Å². The van der Waals surface area contributed by atoms with E-state index in [4.69, 9.17) is 4.74 Å². The Labute approximate surface area is 170 Å². The number of benzene rings is 2. The van der Waals surface area contributed by atoms with E-state index in [0.717, 1.165) is 30.8 Å². The van der Waals surface area contributed by atoms with Crippen molar-refractivity contribution < 1.29 is 28.8 Å². The van der Waals surface area contributed by atoms with Gasteiger partial charge in [0.05, 0.1) is 23.2 Å². The molecule has 0 radical (unpaired) electrons. The van der Waals surface area contributed by atoms with Crippen LogP contribution in [0.1, 0.15) is 43.7 Å². The highest BCUT2D eigenvalue weighted by Gasteiger charge is 2.26. The number of esters is 2. The fourth-order valence-electron chi connectivity index (χ4n) is 3.15. The van der Waals surface area contributed by atoms with Crippen LogP contribution in [0.5, 0.6) is 0 Å². The van der Waals surface area contributed by atoms with Crippen LogP contribution >= 0.6 is 0 Å². The third kappa shape index (κ3) is 3.90. The molecule has 0 amide bonds. The van der Waals surface area contributed by atoms with E-state index in [0.29, 0.717) is 16.6 Å². The molecule has 9 heteroatoms. The summed E-state index contributed by atoms with van der Waals surface area (Å²) in [5.74, 6) is -2.23. The lowest BCUT2D eigenvalue weighted by Crippen LogP contribution is -2.25. The van der Waals surface area contributed by atoms with E-state index in [-0.39, 0.29) is 11.1 Å². The molecule has 0 aliphatic heterocycles. The number of H-pyrrole nitrogens is 1. The molecule has 1 heterocycles. The number of nitrogens with one attached hydrogen (secondary N) is 1. The molecule has 1 aromatic heterocycles. The first-order valence-corrected chi connectivity index (χ1v) is 8.93. The molecule has 0 fully saturated rings. The quantitative estimate of drug-likeness (QED) is 0.284. The van der Waals surface area contributed by atoms with Gasteiger partial charge in [-0.2, -0.15) is 0 Å². The summed E-state index contributed by atoms with van der Waals surface area (Å²) in [6.07, 6.45) is -1.16. The smallest absolute Gasteiger partial charge is 0.339 e. The van der Waals surface area contributed by atoms with Gasteiger partial charge in [-0.25, -0.2) is 9.59 Å². The van der Waals surface area contributed by atoms with Gasteiger partial charge in [-0.3, -0.25) is 14.9 Å². The van der Waals surface area contributed by atoms with Crippen LogP contribution in [-0.4, -0.2) is 40.8 Å². The molecule has 9 nitrogen and oxygen atoms in total. The molecule has 30 heavy (non-hydrogen) atoms. The number of nitro benzene ring substituents is 1. The normalized spacial score (nSPS) is 11.7. The van der Waals surface area contributed by atoms with Gasteiger partial charge in [0.25, 0.3) is 5.69 Å². The Morgan fingerprint density at radius 1 is 1.07 bits per heavy atom. The highest BCUT2D eigenvalue weighted by molar-refractivity contribution is 6.11. The maximum atomic E-state index is 12.9. The molecule has 0 saturated carbocycles. The molecule has 1 atom stereocenters. The lowest BCUT2D eigenvalue weighted by atomic mass is 10.0. The molecular weight excluding hydrogens is 392 g/mol. The largest absolute Gasteiger partial charge is 0.465 e. The van der Waals surface area contributed by atoms with Crippen LogP contribution in [0.15, 0.2) is 42.5 Å². The van der Waals surface area contributed by atoms with Gasteiger partial charge in [0.1, 0.15) is 0 Å². The molecule has 0 saturated heterocycles. The second-order valence-corrected chi connectivity index (χ2v) is 6.60. The molecule has 0 bridgehead atoms. The molecule has 1 unspecified atom stereocenters. The average Bonchev–Trinajstić information content (AvgIpc) is 3.07. The number of fused-ring (bicyclic) bond motifs is 1. The lowest BCUT2D eigenvalue weighted by Gasteiger charge is -2.13. The van der Waals surface area contributed by atoms with Crippen LogP contribution in [0.3, 0.4) is 0 Å². The Bertz CT molecular complexity index is 1180. The van der Waals surface area contributed by atoms with Gasteiger partial charge in [0.15, 0.2) is 6.10 Å². The molecule has 3 aromatic rings. The number of carbonyl (C=O) groups excluding carboxylic acids is 3. The van der Waals surface area contributed by atoms with Crippen molar-refractivity contribution >= 4 is 34.3 Å². The number of ether oxygens (including phenoxy) is 2. The molecule has 0 aliphatic carbocycles. The Kier molecular flexibility index (Phi) is 5.63. The highest BCUT2D eigenvalue weighted by Crippen LogP contribution is 2.25. The van der Waals surface area contributed by atoms with Gasteiger partial charge in [-0.05, 0) is 26.0 Å². The van der Waals surface area contributed by atoms with E-state index in [1.54, 1.807) is 19.1 Å². The number of nitrogens with zero attached hydrogens (tertiary/aromatic N) is 1. The van der Waals surface area contributed by atoms with Gasteiger partial charge >= 0.3 is 11.9 Å². The SMILES string of the molecule is COC(=O)c1cc(C(=O)OC(C)C(=O)c2c(C)[nH]c3ccccc23)cc([N+](=O)[O-])c1. The highest BCUT2D eigenvalue weighted by atomic mass is 16.6. The summed E-state index contributed by atoms with van der Waals surface area (Å²) in [7, 11) is 1.11. The first kappa shape index (κ1) is 20.7. The summed E-state index contributed by atoms with van der Waals surface area (Å²) in [4.78, 5) is 50.7. The van der Waals surface area contributed by atoms with E-state index >= 15 is 0 Å². The topological polar surface area (TPSA) is 129 Å². The van der Waals surface area contributed by atoms with Gasteiger partial charge in [0.2, 0.25) is 5.78 Å². The van der Waals surface area contributed by atoms with Gasteiger partial charge in [-0.15, -0.1) is 0 Å². The van der Waals surface area contributed by atoms with E-state index < -0.39 is 34.4 Å². The third-order valence-electron chi connectivity index (χ3n) is 4.58. The molecule has 2 aromatic carbocycles. The van der Waals surface area contributed by atoms with Crippen LogP contribution < -0.4 is 0 Å². The number of nitro groups is 1. The fraction of sp³-hybridized carbons (Fsp3) is 0.190. The third-order valence-corrected chi connectivity index (χ3v) is 4.58. The second kappa shape index (κ2) is 8.16. The molecule has 154 valence electrons. The summed E-state index contributed by atoms with van der Waals surface area (Å²) in [5.41, 5.74) is 0.923. The minimum absolute atomic E-state index is 0.176. The van der Waals surface area contributed by atoms with Crippen molar-refractivity contribution in [2.24, 2.45) is 0 Å². The number of aromatic nitrogens is 1. The first-order chi connectivity index (χ1) is 14.2. The minimum Gasteiger partial charge on any atom is -0.465 e. The molecule has 1 N–H and O–H groups in total. The summed E-state index contributed by atoms with van der Waals surface area (Å²) >= 11 is 0.